The third kappa shape index (κ3) is 4.53. The van der Waals surface area contributed by atoms with Gasteiger partial charge in [0.25, 0.3) is 0 Å². The van der Waals surface area contributed by atoms with Gasteiger partial charge in [0.15, 0.2) is 6.29 Å². The molecule has 4 nitrogen and oxygen atoms in total. The predicted octanol–water partition coefficient (Wildman–Crippen LogP) is 6.34. The van der Waals surface area contributed by atoms with Gasteiger partial charge < -0.3 is 4.74 Å². The summed E-state index contributed by atoms with van der Waals surface area (Å²) in [5.41, 5.74) is 4.82. The molecule has 0 aliphatic heterocycles. The molecule has 4 aromatic rings. The van der Waals surface area contributed by atoms with Gasteiger partial charge in [0, 0.05) is 5.39 Å². The van der Waals surface area contributed by atoms with Crippen molar-refractivity contribution in [3.05, 3.63) is 90.1 Å². The van der Waals surface area contributed by atoms with Crippen LogP contribution in [0.5, 0.6) is 0 Å². The van der Waals surface area contributed by atoms with Crippen LogP contribution in [0.25, 0.3) is 33.2 Å². The van der Waals surface area contributed by atoms with Crippen LogP contribution < -0.4 is 0 Å². The lowest BCUT2D eigenvalue weighted by atomic mass is 9.95. The van der Waals surface area contributed by atoms with Crippen molar-refractivity contribution in [1.29, 1.82) is 0 Å². The van der Waals surface area contributed by atoms with Crippen LogP contribution in [-0.4, -0.2) is 22.8 Å². The Labute approximate surface area is 181 Å². The number of fused-ring (bicyclic) bond motifs is 1. The van der Waals surface area contributed by atoms with E-state index in [4.69, 9.17) is 4.74 Å². The Kier molecular flexibility index (Phi) is 5.38. The summed E-state index contributed by atoms with van der Waals surface area (Å²) < 4.78 is 5.52. The first-order valence-electron chi connectivity index (χ1n) is 10.1. The van der Waals surface area contributed by atoms with Crippen molar-refractivity contribution in [1.82, 2.24) is 4.98 Å². The number of nitrogens with zero attached hydrogens (tertiary/aromatic N) is 1. The Morgan fingerprint density at radius 1 is 0.839 bits per heavy atom. The molecule has 0 amide bonds. The summed E-state index contributed by atoms with van der Waals surface area (Å²) >= 11 is 0. The lowest BCUT2D eigenvalue weighted by Crippen LogP contribution is -2.23. The van der Waals surface area contributed by atoms with E-state index in [0.717, 1.165) is 33.9 Å². The molecule has 0 saturated heterocycles. The standard InChI is InChI=1S/C27H23NO3/c1-27(2,3)31-26(30)21-12-13-25-24(15-21)23(16-22(17-29)28-25)20-11-7-10-19(14-20)18-8-5-4-6-9-18/h4-17H,1-3H3. The van der Waals surface area contributed by atoms with E-state index in [1.54, 1.807) is 24.3 Å². The molecule has 1 heterocycles. The molecule has 0 saturated carbocycles. The fraction of sp³-hybridized carbons (Fsp3) is 0.148. The van der Waals surface area contributed by atoms with Crippen molar-refractivity contribution < 1.29 is 14.3 Å². The smallest absolute Gasteiger partial charge is 0.338 e. The van der Waals surface area contributed by atoms with Crippen molar-refractivity contribution in [2.75, 3.05) is 0 Å². The molecule has 4 rings (SSSR count). The molecule has 0 aliphatic rings. The second kappa shape index (κ2) is 8.15. The van der Waals surface area contributed by atoms with E-state index < -0.39 is 11.6 Å². The van der Waals surface area contributed by atoms with E-state index in [1.165, 1.54) is 0 Å². The van der Waals surface area contributed by atoms with Gasteiger partial charge in [-0.15, -0.1) is 0 Å². The Morgan fingerprint density at radius 2 is 1.55 bits per heavy atom. The van der Waals surface area contributed by atoms with Crippen LogP contribution in [0.3, 0.4) is 0 Å². The van der Waals surface area contributed by atoms with Crippen LogP contribution in [0, 0.1) is 0 Å². The molecule has 0 spiro atoms. The monoisotopic (exact) mass is 409 g/mol. The Bertz CT molecular complexity index is 1270. The number of hydrogen-bond acceptors (Lipinski definition) is 4. The van der Waals surface area contributed by atoms with E-state index in [-0.39, 0.29) is 0 Å². The SMILES string of the molecule is CC(C)(C)OC(=O)c1ccc2nc(C=O)cc(-c3cccc(-c4ccccc4)c3)c2c1. The van der Waals surface area contributed by atoms with Crippen LogP contribution in [0.15, 0.2) is 78.9 Å². The van der Waals surface area contributed by atoms with Crippen molar-refractivity contribution in [2.45, 2.75) is 26.4 Å². The number of aromatic nitrogens is 1. The lowest BCUT2D eigenvalue weighted by molar-refractivity contribution is 0.00696. The zero-order valence-corrected chi connectivity index (χ0v) is 17.8. The number of benzene rings is 3. The molecule has 1 aromatic heterocycles. The van der Waals surface area contributed by atoms with Crippen molar-refractivity contribution in [3.8, 4) is 22.3 Å². The molecule has 0 aliphatic carbocycles. The number of carbonyl (C=O) groups excluding carboxylic acids is 2. The molecule has 31 heavy (non-hydrogen) atoms. The summed E-state index contributed by atoms with van der Waals surface area (Å²) in [6, 6.07) is 25.2. The first kappa shape index (κ1) is 20.5. The molecule has 0 radical (unpaired) electrons. The van der Waals surface area contributed by atoms with Gasteiger partial charge in [0.05, 0.1) is 11.1 Å². The molecule has 0 N–H and O–H groups in total. The average Bonchev–Trinajstić information content (AvgIpc) is 2.77. The molecule has 0 unspecified atom stereocenters. The minimum absolute atomic E-state index is 0.345. The van der Waals surface area contributed by atoms with Crippen LogP contribution >= 0.6 is 0 Å². The largest absolute Gasteiger partial charge is 0.456 e. The third-order valence-corrected chi connectivity index (χ3v) is 4.86. The zero-order valence-electron chi connectivity index (χ0n) is 17.8. The highest BCUT2D eigenvalue weighted by Gasteiger charge is 2.19. The number of hydrogen-bond donors (Lipinski definition) is 0. The Hall–Kier alpha value is -3.79. The first-order chi connectivity index (χ1) is 14.8. The number of pyridine rings is 1. The summed E-state index contributed by atoms with van der Waals surface area (Å²) in [7, 11) is 0. The van der Waals surface area contributed by atoms with Crippen LogP contribution in [0.1, 0.15) is 41.6 Å². The van der Waals surface area contributed by atoms with Gasteiger partial charge in [0.1, 0.15) is 11.3 Å². The lowest BCUT2D eigenvalue weighted by Gasteiger charge is -2.19. The molecule has 154 valence electrons. The van der Waals surface area contributed by atoms with Crippen molar-refractivity contribution in [2.24, 2.45) is 0 Å². The highest BCUT2D eigenvalue weighted by molar-refractivity contribution is 6.02. The fourth-order valence-corrected chi connectivity index (χ4v) is 3.51. The van der Waals surface area contributed by atoms with Crippen LogP contribution in [0.4, 0.5) is 0 Å². The minimum Gasteiger partial charge on any atom is -0.456 e. The highest BCUT2D eigenvalue weighted by Crippen LogP contribution is 2.32. The zero-order chi connectivity index (χ0) is 22.0. The van der Waals surface area contributed by atoms with E-state index in [2.05, 4.69) is 29.2 Å². The summed E-state index contributed by atoms with van der Waals surface area (Å²) in [5, 5.41) is 0.791. The van der Waals surface area contributed by atoms with E-state index in [9.17, 15) is 9.59 Å². The maximum absolute atomic E-state index is 12.6. The van der Waals surface area contributed by atoms with E-state index in [1.807, 2.05) is 51.1 Å². The average molecular weight is 409 g/mol. The van der Waals surface area contributed by atoms with Gasteiger partial charge in [0.2, 0.25) is 0 Å². The number of rotatable bonds is 4. The van der Waals surface area contributed by atoms with Gasteiger partial charge in [-0.25, -0.2) is 9.78 Å². The second-order valence-electron chi connectivity index (χ2n) is 8.39. The minimum atomic E-state index is -0.585. The van der Waals surface area contributed by atoms with Crippen molar-refractivity contribution in [3.63, 3.8) is 0 Å². The van der Waals surface area contributed by atoms with Gasteiger partial charge in [-0.2, -0.15) is 0 Å². The molecule has 4 heteroatoms. The Balaban J connectivity index is 1.87. The topological polar surface area (TPSA) is 56.3 Å². The number of carbonyl (C=O) groups is 2. The maximum Gasteiger partial charge on any atom is 0.338 e. The van der Waals surface area contributed by atoms with Gasteiger partial charge in [-0.05, 0) is 73.4 Å². The van der Waals surface area contributed by atoms with Crippen LogP contribution in [-0.2, 0) is 4.74 Å². The third-order valence-electron chi connectivity index (χ3n) is 4.86. The highest BCUT2D eigenvalue weighted by atomic mass is 16.6. The van der Waals surface area contributed by atoms with Gasteiger partial charge >= 0.3 is 5.97 Å². The summed E-state index contributed by atoms with van der Waals surface area (Å²) in [5.74, 6) is -0.391. The fourth-order valence-electron chi connectivity index (χ4n) is 3.51. The quantitative estimate of drug-likeness (QED) is 0.292. The first-order valence-corrected chi connectivity index (χ1v) is 10.1. The summed E-state index contributed by atoms with van der Waals surface area (Å²) in [6.07, 6.45) is 0.742. The maximum atomic E-state index is 12.6. The molecule has 0 fully saturated rings. The Morgan fingerprint density at radius 3 is 2.26 bits per heavy atom. The molecule has 0 atom stereocenters. The van der Waals surface area contributed by atoms with Crippen LogP contribution in [0.2, 0.25) is 0 Å². The van der Waals surface area contributed by atoms with E-state index >= 15 is 0 Å². The van der Waals surface area contributed by atoms with Gasteiger partial charge in [-0.3, -0.25) is 4.79 Å². The molecular formula is C27H23NO3. The normalized spacial score (nSPS) is 11.3. The van der Waals surface area contributed by atoms with E-state index in [0.29, 0.717) is 16.8 Å². The molecule has 0 bridgehead atoms. The van der Waals surface area contributed by atoms with Crippen molar-refractivity contribution >= 4 is 23.2 Å². The second-order valence-corrected chi connectivity index (χ2v) is 8.39. The van der Waals surface area contributed by atoms with Gasteiger partial charge in [-0.1, -0.05) is 48.5 Å². The number of aldehydes is 1. The number of ether oxygens (including phenoxy) is 1. The predicted molar refractivity (Wildman–Crippen MR) is 123 cm³/mol. The molecular weight excluding hydrogens is 386 g/mol. The molecule has 3 aromatic carbocycles. The number of esters is 1. The summed E-state index contributed by atoms with van der Waals surface area (Å²) in [6.45, 7) is 5.51. The summed E-state index contributed by atoms with van der Waals surface area (Å²) in [4.78, 5) is 28.5.